The molecular weight excluding hydrogens is 649 g/mol. The molecule has 3 aromatic carbocycles. The van der Waals surface area contributed by atoms with E-state index in [0.717, 1.165) is 47.3 Å². The van der Waals surface area contributed by atoms with Crippen LogP contribution in [0.4, 0.5) is 0 Å². The van der Waals surface area contributed by atoms with Gasteiger partial charge in [0.15, 0.2) is 0 Å². The molecule has 0 atom stereocenters. The first-order valence-corrected chi connectivity index (χ1v) is 23.8. The summed E-state index contributed by atoms with van der Waals surface area (Å²) in [5.74, 6) is 7.57. The van der Waals surface area contributed by atoms with E-state index in [-0.39, 0.29) is 0 Å². The summed E-state index contributed by atoms with van der Waals surface area (Å²) in [5.41, 5.74) is 8.87. The Morgan fingerprint density at radius 1 is 0.352 bits per heavy atom. The molecule has 4 fully saturated rings. The van der Waals surface area contributed by atoms with Crippen LogP contribution in [0.15, 0.2) is 72.8 Å². The molecule has 7 rings (SSSR count). The Kier molecular flexibility index (Phi) is 16.7. The summed E-state index contributed by atoms with van der Waals surface area (Å²) >= 11 is 0. The number of benzene rings is 3. The van der Waals surface area contributed by atoms with Crippen LogP contribution >= 0.6 is 0 Å². The van der Waals surface area contributed by atoms with Crippen molar-refractivity contribution in [1.82, 2.24) is 0 Å². The van der Waals surface area contributed by atoms with Gasteiger partial charge in [-0.3, -0.25) is 0 Å². The molecule has 0 unspecified atom stereocenters. The SMILES string of the molecule is CCCC1CCC(C2CCC(c3ccc(C)cc3)CC2)CC1.CCCCCC1CCC(c2ccc(-c3ccc(C4CCC(CCC)CC4)cc3)cc2)CC1. The van der Waals surface area contributed by atoms with E-state index in [9.17, 15) is 0 Å². The van der Waals surface area contributed by atoms with Gasteiger partial charge in [0.1, 0.15) is 0 Å². The molecule has 296 valence electrons. The van der Waals surface area contributed by atoms with Crippen molar-refractivity contribution < 1.29 is 0 Å². The predicted octanol–water partition coefficient (Wildman–Crippen LogP) is 17.2. The maximum absolute atomic E-state index is 2.42. The highest BCUT2D eigenvalue weighted by Gasteiger charge is 2.31. The smallest absolute Gasteiger partial charge is 0.0162 e. The second kappa shape index (κ2) is 21.8. The molecule has 4 saturated carbocycles. The molecule has 0 bridgehead atoms. The Morgan fingerprint density at radius 3 is 1.07 bits per heavy atom. The Morgan fingerprint density at radius 2 is 0.685 bits per heavy atom. The van der Waals surface area contributed by atoms with Gasteiger partial charge in [0.05, 0.1) is 0 Å². The minimum atomic E-state index is 0.789. The van der Waals surface area contributed by atoms with E-state index in [1.54, 1.807) is 16.7 Å². The zero-order valence-corrected chi connectivity index (χ0v) is 35.5. The lowest BCUT2D eigenvalue weighted by Gasteiger charge is -2.38. The molecule has 0 radical (unpaired) electrons. The van der Waals surface area contributed by atoms with Crippen molar-refractivity contribution in [2.45, 2.75) is 200 Å². The second-order valence-electron chi connectivity index (χ2n) is 19.1. The fraction of sp³-hybridized carbons (Fsp3) is 0.667. The van der Waals surface area contributed by atoms with Crippen LogP contribution in [0.5, 0.6) is 0 Å². The topological polar surface area (TPSA) is 0 Å². The van der Waals surface area contributed by atoms with Crippen molar-refractivity contribution in [2.24, 2.45) is 29.6 Å². The standard InChI is InChI=1S/C32H46.C22H34/c1-3-5-6-8-26-11-15-28(16-12-26)30-19-23-32(24-20-30)31-21-17-29(18-22-31)27-13-9-25(7-4-2)10-14-27;1-3-4-18-7-11-20(12-8-18)22-15-13-21(14-16-22)19-9-5-17(2)6-10-19/h17-28H,3-16H2,1-2H3;5-6,9-10,18,20-22H,3-4,7-8,11-16H2,1-2H3. The maximum atomic E-state index is 2.42. The normalized spacial score (nSPS) is 28.9. The molecule has 0 N–H and O–H groups in total. The number of rotatable bonds is 13. The van der Waals surface area contributed by atoms with E-state index >= 15 is 0 Å². The van der Waals surface area contributed by atoms with Crippen LogP contribution in [0.3, 0.4) is 0 Å². The van der Waals surface area contributed by atoms with Crippen LogP contribution in [0.1, 0.15) is 215 Å². The molecule has 0 spiro atoms. The summed E-state index contributed by atoms with van der Waals surface area (Å²) in [7, 11) is 0. The zero-order valence-electron chi connectivity index (χ0n) is 35.5. The number of hydrogen-bond donors (Lipinski definition) is 0. The van der Waals surface area contributed by atoms with Crippen molar-refractivity contribution in [1.29, 1.82) is 0 Å². The van der Waals surface area contributed by atoms with Gasteiger partial charge >= 0.3 is 0 Å². The first-order chi connectivity index (χ1) is 26.5. The van der Waals surface area contributed by atoms with Crippen LogP contribution in [0.25, 0.3) is 11.1 Å². The van der Waals surface area contributed by atoms with Gasteiger partial charge in [-0.25, -0.2) is 0 Å². The summed E-state index contributed by atoms with van der Waals surface area (Å²) in [4.78, 5) is 0. The predicted molar refractivity (Wildman–Crippen MR) is 237 cm³/mol. The van der Waals surface area contributed by atoms with Crippen LogP contribution in [-0.4, -0.2) is 0 Å². The number of unbranched alkanes of at least 4 members (excludes halogenated alkanes) is 2. The second-order valence-corrected chi connectivity index (χ2v) is 19.1. The van der Waals surface area contributed by atoms with Crippen molar-refractivity contribution in [3.63, 3.8) is 0 Å². The van der Waals surface area contributed by atoms with Crippen LogP contribution in [0.2, 0.25) is 0 Å². The van der Waals surface area contributed by atoms with E-state index in [1.165, 1.54) is 171 Å². The minimum Gasteiger partial charge on any atom is -0.0654 e. The molecule has 0 saturated heterocycles. The third-order valence-electron chi connectivity index (χ3n) is 15.3. The molecule has 4 aliphatic rings. The molecule has 0 heteroatoms. The van der Waals surface area contributed by atoms with Crippen molar-refractivity contribution in [2.75, 3.05) is 0 Å². The van der Waals surface area contributed by atoms with Gasteiger partial charge in [-0.05, 0) is 172 Å². The number of aryl methyl sites for hydroxylation is 1. The Labute approximate surface area is 334 Å². The average molecular weight is 729 g/mol. The van der Waals surface area contributed by atoms with Gasteiger partial charge in [0.25, 0.3) is 0 Å². The summed E-state index contributed by atoms with van der Waals surface area (Å²) in [5, 5.41) is 0. The highest BCUT2D eigenvalue weighted by atomic mass is 14.4. The van der Waals surface area contributed by atoms with Crippen molar-refractivity contribution >= 4 is 0 Å². The van der Waals surface area contributed by atoms with E-state index < -0.39 is 0 Å². The van der Waals surface area contributed by atoms with Gasteiger partial charge in [-0.2, -0.15) is 0 Å². The molecule has 4 aliphatic carbocycles. The Hall–Kier alpha value is -2.34. The lowest BCUT2D eigenvalue weighted by molar-refractivity contribution is 0.156. The monoisotopic (exact) mass is 729 g/mol. The molecular formula is C54H80. The summed E-state index contributed by atoms with van der Waals surface area (Å²) in [6.07, 6.45) is 34.6. The van der Waals surface area contributed by atoms with Crippen LogP contribution in [-0.2, 0) is 0 Å². The van der Waals surface area contributed by atoms with E-state index in [2.05, 4.69) is 100 Å². The lowest BCUT2D eigenvalue weighted by atomic mass is 9.68. The minimum absolute atomic E-state index is 0.789. The first kappa shape index (κ1) is 41.3. The third kappa shape index (κ3) is 12.1. The maximum Gasteiger partial charge on any atom is -0.0162 e. The summed E-state index contributed by atoms with van der Waals surface area (Å²) in [6.45, 7) is 9.18. The van der Waals surface area contributed by atoms with Gasteiger partial charge in [0, 0.05) is 0 Å². The van der Waals surface area contributed by atoms with Gasteiger partial charge in [-0.15, -0.1) is 0 Å². The molecule has 54 heavy (non-hydrogen) atoms. The first-order valence-electron chi connectivity index (χ1n) is 23.8. The fourth-order valence-electron chi connectivity index (χ4n) is 11.7. The van der Waals surface area contributed by atoms with E-state index in [4.69, 9.17) is 0 Å². The molecule has 0 heterocycles. The van der Waals surface area contributed by atoms with Crippen LogP contribution < -0.4 is 0 Å². The fourth-order valence-corrected chi connectivity index (χ4v) is 11.7. The molecule has 0 nitrogen and oxygen atoms in total. The summed E-state index contributed by atoms with van der Waals surface area (Å²) < 4.78 is 0. The van der Waals surface area contributed by atoms with Gasteiger partial charge in [-0.1, -0.05) is 163 Å². The van der Waals surface area contributed by atoms with Gasteiger partial charge < -0.3 is 0 Å². The summed E-state index contributed by atoms with van der Waals surface area (Å²) in [6, 6.07) is 28.4. The van der Waals surface area contributed by atoms with Crippen molar-refractivity contribution in [3.05, 3.63) is 95.1 Å². The van der Waals surface area contributed by atoms with Gasteiger partial charge in [0.2, 0.25) is 0 Å². The lowest BCUT2D eigenvalue weighted by Crippen LogP contribution is -2.25. The molecule has 0 aliphatic heterocycles. The highest BCUT2D eigenvalue weighted by molar-refractivity contribution is 5.64. The molecule has 0 amide bonds. The largest absolute Gasteiger partial charge is 0.0654 e. The number of hydrogen-bond acceptors (Lipinski definition) is 0. The van der Waals surface area contributed by atoms with Crippen molar-refractivity contribution in [3.8, 4) is 11.1 Å². The Bertz CT molecular complexity index is 1410. The van der Waals surface area contributed by atoms with E-state index in [0.29, 0.717) is 0 Å². The Balaban J connectivity index is 0.000000197. The van der Waals surface area contributed by atoms with E-state index in [1.807, 2.05) is 0 Å². The zero-order chi connectivity index (χ0) is 37.5. The molecule has 0 aromatic heterocycles. The average Bonchev–Trinajstić information content (AvgIpc) is 3.23. The van der Waals surface area contributed by atoms with Crippen LogP contribution in [0, 0.1) is 36.5 Å². The quantitative estimate of drug-likeness (QED) is 0.154. The third-order valence-corrected chi connectivity index (χ3v) is 15.3. The molecule has 3 aromatic rings. The highest BCUT2D eigenvalue weighted by Crippen LogP contribution is 2.45.